The van der Waals surface area contributed by atoms with Crippen molar-refractivity contribution >= 4 is 5.91 Å². The number of phenols is 1. The number of carbonyl (C=O) groups excluding carboxylic acids is 1. The lowest BCUT2D eigenvalue weighted by atomic mass is 10.1. The second-order valence-corrected chi connectivity index (χ2v) is 4.40. The topological polar surface area (TPSA) is 79.8 Å². The molecule has 2 atom stereocenters. The first kappa shape index (κ1) is 13.6. The molecule has 1 aromatic rings. The maximum absolute atomic E-state index is 12.1. The molecule has 1 aliphatic heterocycles. The number of hydrogen-bond donors (Lipinski definition) is 3. The third-order valence-electron chi connectivity index (χ3n) is 3.23. The van der Waals surface area contributed by atoms with Gasteiger partial charge in [0, 0.05) is 20.2 Å². The molecule has 0 radical (unpaired) electrons. The molecule has 6 heteroatoms. The first-order chi connectivity index (χ1) is 9.15. The molecular weight excluding hydrogens is 248 g/mol. The molecule has 1 unspecified atom stereocenters. The number of aromatic hydroxyl groups is 1. The van der Waals surface area contributed by atoms with E-state index in [9.17, 15) is 9.90 Å². The summed E-state index contributed by atoms with van der Waals surface area (Å²) >= 11 is 0. The number of amides is 1. The number of methoxy groups -OCH3 is 2. The molecule has 0 aromatic heterocycles. The van der Waals surface area contributed by atoms with E-state index in [2.05, 4.69) is 10.6 Å². The van der Waals surface area contributed by atoms with E-state index >= 15 is 0 Å². The first-order valence-corrected chi connectivity index (χ1v) is 6.07. The number of carbonyl (C=O) groups is 1. The van der Waals surface area contributed by atoms with Crippen LogP contribution in [0.25, 0.3) is 0 Å². The largest absolute Gasteiger partial charge is 0.507 e. The zero-order valence-corrected chi connectivity index (χ0v) is 11.0. The van der Waals surface area contributed by atoms with Crippen LogP contribution in [0.5, 0.6) is 11.5 Å². The van der Waals surface area contributed by atoms with Crippen LogP contribution in [0, 0.1) is 0 Å². The van der Waals surface area contributed by atoms with Crippen molar-refractivity contribution in [3.05, 3.63) is 23.8 Å². The molecule has 3 N–H and O–H groups in total. The van der Waals surface area contributed by atoms with E-state index in [0.29, 0.717) is 18.8 Å². The second-order valence-electron chi connectivity index (χ2n) is 4.40. The number of hydrogen-bond acceptors (Lipinski definition) is 5. The van der Waals surface area contributed by atoms with Crippen LogP contribution in [0.3, 0.4) is 0 Å². The lowest BCUT2D eigenvalue weighted by molar-refractivity contribution is 0.0777. The monoisotopic (exact) mass is 266 g/mol. The Morgan fingerprint density at radius 1 is 1.42 bits per heavy atom. The Morgan fingerprint density at radius 3 is 2.89 bits per heavy atom. The SMILES string of the molecule is COc1ccc(O)c(C(=O)NC2CNC[C@@H]2OC)c1. The van der Waals surface area contributed by atoms with Gasteiger partial charge in [-0.05, 0) is 18.2 Å². The number of rotatable bonds is 4. The third-order valence-corrected chi connectivity index (χ3v) is 3.23. The Hall–Kier alpha value is -1.79. The van der Waals surface area contributed by atoms with Crippen LogP contribution in [-0.4, -0.2) is 50.5 Å². The summed E-state index contributed by atoms with van der Waals surface area (Å²) in [4.78, 5) is 12.1. The quantitative estimate of drug-likeness (QED) is 0.721. The molecule has 0 aliphatic carbocycles. The van der Waals surface area contributed by atoms with Gasteiger partial charge in [0.1, 0.15) is 11.5 Å². The fraction of sp³-hybridized carbons (Fsp3) is 0.462. The summed E-state index contributed by atoms with van der Waals surface area (Å²) in [6.45, 7) is 1.35. The van der Waals surface area contributed by atoms with Crippen LogP contribution < -0.4 is 15.4 Å². The minimum Gasteiger partial charge on any atom is -0.507 e. The van der Waals surface area contributed by atoms with Crippen LogP contribution in [0.15, 0.2) is 18.2 Å². The lowest BCUT2D eigenvalue weighted by Crippen LogP contribution is -2.43. The van der Waals surface area contributed by atoms with E-state index in [4.69, 9.17) is 9.47 Å². The average molecular weight is 266 g/mol. The van der Waals surface area contributed by atoms with Gasteiger partial charge in [0.15, 0.2) is 0 Å². The molecule has 1 aromatic carbocycles. The van der Waals surface area contributed by atoms with Gasteiger partial charge >= 0.3 is 0 Å². The van der Waals surface area contributed by atoms with Gasteiger partial charge in [-0.25, -0.2) is 0 Å². The van der Waals surface area contributed by atoms with Crippen molar-refractivity contribution in [3.8, 4) is 11.5 Å². The Labute approximate surface area is 111 Å². The van der Waals surface area contributed by atoms with Crippen molar-refractivity contribution in [3.63, 3.8) is 0 Å². The Kier molecular flexibility index (Phi) is 4.24. The molecule has 1 heterocycles. The summed E-state index contributed by atoms with van der Waals surface area (Å²) in [6.07, 6.45) is -0.0586. The lowest BCUT2D eigenvalue weighted by Gasteiger charge is -2.19. The van der Waals surface area contributed by atoms with Gasteiger partial charge in [-0.15, -0.1) is 0 Å². The van der Waals surface area contributed by atoms with Gasteiger partial charge in [-0.2, -0.15) is 0 Å². The standard InChI is InChI=1S/C13H18N2O4/c1-18-8-3-4-11(16)9(5-8)13(17)15-10-6-14-7-12(10)19-2/h3-5,10,12,14,16H,6-7H2,1-2H3,(H,15,17)/t10?,12-/m0/s1. The van der Waals surface area contributed by atoms with Crippen LogP contribution in [0.4, 0.5) is 0 Å². The number of benzene rings is 1. The fourth-order valence-corrected chi connectivity index (χ4v) is 2.12. The molecule has 1 saturated heterocycles. The van der Waals surface area contributed by atoms with E-state index in [1.54, 1.807) is 13.2 Å². The molecule has 0 saturated carbocycles. The van der Waals surface area contributed by atoms with Gasteiger partial charge in [0.05, 0.1) is 24.8 Å². The summed E-state index contributed by atoms with van der Waals surface area (Å²) < 4.78 is 10.3. The van der Waals surface area contributed by atoms with E-state index in [-0.39, 0.29) is 29.4 Å². The van der Waals surface area contributed by atoms with Gasteiger partial charge in [0.2, 0.25) is 0 Å². The molecular formula is C13H18N2O4. The van der Waals surface area contributed by atoms with Gasteiger partial charge in [-0.1, -0.05) is 0 Å². The van der Waals surface area contributed by atoms with E-state index in [1.165, 1.54) is 19.2 Å². The average Bonchev–Trinajstić information content (AvgIpc) is 2.86. The Morgan fingerprint density at radius 2 is 2.21 bits per heavy atom. The van der Waals surface area contributed by atoms with Crippen molar-refractivity contribution < 1.29 is 19.4 Å². The van der Waals surface area contributed by atoms with Gasteiger partial charge in [-0.3, -0.25) is 4.79 Å². The number of phenolic OH excluding ortho intramolecular Hbond substituents is 1. The van der Waals surface area contributed by atoms with Crippen molar-refractivity contribution in [2.45, 2.75) is 12.1 Å². The van der Waals surface area contributed by atoms with Crippen molar-refractivity contribution in [2.24, 2.45) is 0 Å². The highest BCUT2D eigenvalue weighted by Gasteiger charge is 2.29. The van der Waals surface area contributed by atoms with Gasteiger partial charge < -0.3 is 25.2 Å². The molecule has 0 spiro atoms. The molecule has 104 valence electrons. The molecule has 1 aliphatic rings. The van der Waals surface area contributed by atoms with E-state index in [0.717, 1.165) is 0 Å². The van der Waals surface area contributed by atoms with Crippen LogP contribution >= 0.6 is 0 Å². The Balaban J connectivity index is 2.11. The highest BCUT2D eigenvalue weighted by molar-refractivity contribution is 5.97. The van der Waals surface area contributed by atoms with Crippen molar-refractivity contribution in [1.82, 2.24) is 10.6 Å². The number of ether oxygens (including phenoxy) is 2. The minimum atomic E-state index is -0.341. The molecule has 0 bridgehead atoms. The summed E-state index contributed by atoms with van der Waals surface area (Å²) in [6, 6.07) is 4.44. The van der Waals surface area contributed by atoms with Gasteiger partial charge in [0.25, 0.3) is 5.91 Å². The zero-order valence-electron chi connectivity index (χ0n) is 11.0. The molecule has 6 nitrogen and oxygen atoms in total. The zero-order chi connectivity index (χ0) is 13.8. The predicted molar refractivity (Wildman–Crippen MR) is 69.6 cm³/mol. The smallest absolute Gasteiger partial charge is 0.255 e. The van der Waals surface area contributed by atoms with Crippen LogP contribution in [0.1, 0.15) is 10.4 Å². The van der Waals surface area contributed by atoms with E-state index in [1.807, 2.05) is 0 Å². The predicted octanol–water partition coefficient (Wildman–Crippen LogP) is 0.117. The van der Waals surface area contributed by atoms with E-state index < -0.39 is 0 Å². The summed E-state index contributed by atoms with van der Waals surface area (Å²) in [5.41, 5.74) is 0.195. The molecule has 1 fully saturated rings. The normalized spacial score (nSPS) is 22.2. The number of nitrogens with one attached hydrogen (secondary N) is 2. The maximum atomic E-state index is 12.1. The van der Waals surface area contributed by atoms with Crippen LogP contribution in [0.2, 0.25) is 0 Å². The highest BCUT2D eigenvalue weighted by Crippen LogP contribution is 2.23. The summed E-state index contributed by atoms with van der Waals surface area (Å²) in [7, 11) is 3.12. The molecule has 19 heavy (non-hydrogen) atoms. The Bertz CT molecular complexity index is 464. The third kappa shape index (κ3) is 2.97. The van der Waals surface area contributed by atoms with Crippen LogP contribution in [-0.2, 0) is 4.74 Å². The second kappa shape index (κ2) is 5.90. The molecule has 1 amide bonds. The highest BCUT2D eigenvalue weighted by atomic mass is 16.5. The van der Waals surface area contributed by atoms with Crippen molar-refractivity contribution in [1.29, 1.82) is 0 Å². The fourth-order valence-electron chi connectivity index (χ4n) is 2.12. The first-order valence-electron chi connectivity index (χ1n) is 6.07. The summed E-state index contributed by atoms with van der Waals surface area (Å²) in [5, 5.41) is 15.7. The molecule has 2 rings (SSSR count). The maximum Gasteiger partial charge on any atom is 0.255 e. The summed E-state index contributed by atoms with van der Waals surface area (Å²) in [5.74, 6) is 0.112. The minimum absolute atomic E-state index is 0.0586. The van der Waals surface area contributed by atoms with Crippen molar-refractivity contribution in [2.75, 3.05) is 27.3 Å².